The van der Waals surface area contributed by atoms with Gasteiger partial charge >= 0.3 is 0 Å². The Labute approximate surface area is 169 Å². The quantitative estimate of drug-likeness (QED) is 0.538. The molecule has 1 amide bonds. The van der Waals surface area contributed by atoms with Crippen LogP contribution in [-0.4, -0.2) is 31.7 Å². The van der Waals surface area contributed by atoms with Crippen LogP contribution in [-0.2, 0) is 5.41 Å². The number of carbonyl (C=O) groups is 1. The Morgan fingerprint density at radius 2 is 1.72 bits per heavy atom. The number of anilines is 1. The van der Waals surface area contributed by atoms with Gasteiger partial charge in [-0.1, -0.05) is 26.8 Å². The summed E-state index contributed by atoms with van der Waals surface area (Å²) >= 11 is 0. The third-order valence-corrected chi connectivity index (χ3v) is 4.34. The average Bonchev–Trinajstić information content (AvgIpc) is 2.66. The van der Waals surface area contributed by atoms with Crippen molar-refractivity contribution in [3.63, 3.8) is 0 Å². The third kappa shape index (κ3) is 4.96. The lowest BCUT2D eigenvalue weighted by molar-refractivity contribution is -0.385. The van der Waals surface area contributed by atoms with Crippen LogP contribution in [0.2, 0.25) is 0 Å². The molecule has 2 aromatic rings. The molecule has 0 fully saturated rings. The minimum absolute atomic E-state index is 0.140. The van der Waals surface area contributed by atoms with Crippen LogP contribution in [0.5, 0.6) is 17.2 Å². The molecule has 8 heteroatoms. The van der Waals surface area contributed by atoms with E-state index in [1.54, 1.807) is 19.1 Å². The van der Waals surface area contributed by atoms with E-state index in [0.29, 0.717) is 18.0 Å². The molecule has 2 rings (SSSR count). The molecule has 0 saturated heterocycles. The number of amides is 1. The van der Waals surface area contributed by atoms with Crippen LogP contribution in [0.25, 0.3) is 0 Å². The maximum Gasteiger partial charge on any atom is 0.286 e. The summed E-state index contributed by atoms with van der Waals surface area (Å²) in [5.74, 6) is 0.234. The molecule has 8 nitrogen and oxygen atoms in total. The van der Waals surface area contributed by atoms with Crippen molar-refractivity contribution in [3.05, 3.63) is 51.6 Å². The highest BCUT2D eigenvalue weighted by molar-refractivity contribution is 6.08. The molecule has 0 aliphatic carbocycles. The molecule has 0 bridgehead atoms. The first-order chi connectivity index (χ1) is 13.6. The number of nitrogens with zero attached hydrogens (tertiary/aromatic N) is 1. The summed E-state index contributed by atoms with van der Waals surface area (Å²) in [5, 5.41) is 14.3. The lowest BCUT2D eigenvalue weighted by atomic mass is 9.87. The van der Waals surface area contributed by atoms with Gasteiger partial charge in [0.15, 0.2) is 11.5 Å². The summed E-state index contributed by atoms with van der Waals surface area (Å²) in [5.41, 5.74) is 0.732. The number of nitro groups is 1. The van der Waals surface area contributed by atoms with E-state index in [-0.39, 0.29) is 28.2 Å². The van der Waals surface area contributed by atoms with Crippen molar-refractivity contribution < 1.29 is 23.9 Å². The molecule has 29 heavy (non-hydrogen) atoms. The smallest absolute Gasteiger partial charge is 0.286 e. The van der Waals surface area contributed by atoms with Crippen molar-refractivity contribution in [3.8, 4) is 17.2 Å². The van der Waals surface area contributed by atoms with Crippen molar-refractivity contribution in [2.75, 3.05) is 26.1 Å². The highest BCUT2D eigenvalue weighted by atomic mass is 16.6. The van der Waals surface area contributed by atoms with E-state index >= 15 is 0 Å². The summed E-state index contributed by atoms with van der Waals surface area (Å²) in [6.07, 6.45) is 0. The number of hydrogen-bond donors (Lipinski definition) is 1. The van der Waals surface area contributed by atoms with Gasteiger partial charge in [-0.15, -0.1) is 0 Å². The van der Waals surface area contributed by atoms with Crippen LogP contribution >= 0.6 is 0 Å². The molecule has 0 unspecified atom stereocenters. The minimum atomic E-state index is -0.651. The van der Waals surface area contributed by atoms with Crippen LogP contribution in [0.1, 0.15) is 43.6 Å². The fraction of sp³-hybridized carbons (Fsp3) is 0.381. The zero-order valence-electron chi connectivity index (χ0n) is 17.5. The zero-order valence-corrected chi connectivity index (χ0v) is 17.5. The predicted molar refractivity (Wildman–Crippen MR) is 110 cm³/mol. The maximum atomic E-state index is 12.9. The van der Waals surface area contributed by atoms with Crippen molar-refractivity contribution >= 4 is 17.3 Å². The van der Waals surface area contributed by atoms with Crippen molar-refractivity contribution in [1.82, 2.24) is 0 Å². The Hall–Kier alpha value is -3.29. The van der Waals surface area contributed by atoms with E-state index in [9.17, 15) is 14.9 Å². The largest absolute Gasteiger partial charge is 0.495 e. The fourth-order valence-corrected chi connectivity index (χ4v) is 2.77. The van der Waals surface area contributed by atoms with Crippen LogP contribution in [0, 0.1) is 10.1 Å². The van der Waals surface area contributed by atoms with Gasteiger partial charge in [0.25, 0.3) is 11.6 Å². The van der Waals surface area contributed by atoms with Crippen LogP contribution in [0.4, 0.5) is 11.4 Å². The lowest BCUT2D eigenvalue weighted by Crippen LogP contribution is -2.17. The molecule has 0 radical (unpaired) electrons. The molecule has 0 aliphatic heterocycles. The Balaban J connectivity index is 2.51. The molecule has 2 aromatic carbocycles. The Bertz CT molecular complexity index is 918. The number of carbonyl (C=O) groups excluding carboxylic acids is 1. The summed E-state index contributed by atoms with van der Waals surface area (Å²) in [6.45, 7) is 8.18. The van der Waals surface area contributed by atoms with Gasteiger partial charge in [-0.3, -0.25) is 14.9 Å². The monoisotopic (exact) mass is 402 g/mol. The molecule has 0 saturated carbocycles. The van der Waals surface area contributed by atoms with E-state index in [4.69, 9.17) is 14.2 Å². The standard InChI is InChI=1S/C21H26N2O6/c1-7-29-19-12-16(23(25)26)14(11-18(19)28-6)20(24)22-15-10-13(21(2,3)4)8-9-17(15)27-5/h8-12H,7H2,1-6H3,(H,22,24). The molecule has 0 aliphatic rings. The summed E-state index contributed by atoms with van der Waals surface area (Å²) < 4.78 is 15.9. The van der Waals surface area contributed by atoms with E-state index < -0.39 is 10.8 Å². The van der Waals surface area contributed by atoms with Gasteiger partial charge in [-0.2, -0.15) is 0 Å². The van der Waals surface area contributed by atoms with Gasteiger partial charge in [0.2, 0.25) is 0 Å². The third-order valence-electron chi connectivity index (χ3n) is 4.34. The molecule has 1 N–H and O–H groups in total. The average molecular weight is 402 g/mol. The SMILES string of the molecule is CCOc1cc([N+](=O)[O-])c(C(=O)Nc2cc(C(C)(C)C)ccc2OC)cc1OC. The fourth-order valence-electron chi connectivity index (χ4n) is 2.77. The molecular weight excluding hydrogens is 376 g/mol. The second-order valence-corrected chi connectivity index (χ2v) is 7.33. The number of nitro benzene ring substituents is 1. The highest BCUT2D eigenvalue weighted by Crippen LogP contribution is 2.36. The van der Waals surface area contributed by atoms with E-state index in [1.165, 1.54) is 26.4 Å². The molecule has 0 heterocycles. The predicted octanol–water partition coefficient (Wildman–Crippen LogP) is 4.56. The Morgan fingerprint density at radius 1 is 1.07 bits per heavy atom. The molecule has 156 valence electrons. The van der Waals surface area contributed by atoms with Gasteiger partial charge < -0.3 is 19.5 Å². The second kappa shape index (κ2) is 8.81. The molecule has 0 aromatic heterocycles. The Morgan fingerprint density at radius 3 is 2.24 bits per heavy atom. The number of nitrogens with one attached hydrogen (secondary N) is 1. The number of hydrogen-bond acceptors (Lipinski definition) is 6. The summed E-state index contributed by atoms with van der Waals surface area (Å²) in [6, 6.07) is 7.97. The van der Waals surface area contributed by atoms with Crippen LogP contribution < -0.4 is 19.5 Å². The van der Waals surface area contributed by atoms with Gasteiger partial charge in [-0.05, 0) is 30.0 Å². The van der Waals surface area contributed by atoms with Crippen molar-refractivity contribution in [2.24, 2.45) is 0 Å². The van der Waals surface area contributed by atoms with Crippen LogP contribution in [0.15, 0.2) is 30.3 Å². The van der Waals surface area contributed by atoms with E-state index in [0.717, 1.165) is 5.56 Å². The summed E-state index contributed by atoms with van der Waals surface area (Å²) in [4.78, 5) is 23.9. The molecule has 0 spiro atoms. The zero-order chi connectivity index (χ0) is 21.8. The molecular formula is C21H26N2O6. The lowest BCUT2D eigenvalue weighted by Gasteiger charge is -2.21. The topological polar surface area (TPSA) is 99.9 Å². The highest BCUT2D eigenvalue weighted by Gasteiger charge is 2.26. The molecule has 0 atom stereocenters. The second-order valence-electron chi connectivity index (χ2n) is 7.33. The van der Waals surface area contributed by atoms with Gasteiger partial charge in [0, 0.05) is 6.07 Å². The first-order valence-corrected chi connectivity index (χ1v) is 9.11. The number of ether oxygens (including phenoxy) is 3. The number of methoxy groups -OCH3 is 2. The Kier molecular flexibility index (Phi) is 6.68. The maximum absolute atomic E-state index is 12.9. The van der Waals surface area contributed by atoms with Crippen molar-refractivity contribution in [1.29, 1.82) is 0 Å². The van der Waals surface area contributed by atoms with Crippen molar-refractivity contribution in [2.45, 2.75) is 33.1 Å². The first-order valence-electron chi connectivity index (χ1n) is 9.11. The van der Waals surface area contributed by atoms with Gasteiger partial charge in [-0.25, -0.2) is 0 Å². The van der Waals surface area contributed by atoms with Crippen LogP contribution in [0.3, 0.4) is 0 Å². The van der Waals surface area contributed by atoms with Gasteiger partial charge in [0.05, 0.1) is 37.5 Å². The summed E-state index contributed by atoms with van der Waals surface area (Å²) in [7, 11) is 2.89. The van der Waals surface area contributed by atoms with E-state index in [2.05, 4.69) is 5.32 Å². The number of rotatable bonds is 7. The number of benzene rings is 2. The first kappa shape index (κ1) is 22.0. The minimum Gasteiger partial charge on any atom is -0.495 e. The normalized spacial score (nSPS) is 11.0. The van der Waals surface area contributed by atoms with Gasteiger partial charge in [0.1, 0.15) is 11.3 Å². The van der Waals surface area contributed by atoms with E-state index in [1.807, 2.05) is 26.8 Å².